The number of carboxylic acid groups (broad SMARTS) is 1. The Morgan fingerprint density at radius 2 is 1.58 bits per heavy atom. The van der Waals surface area contributed by atoms with Crippen molar-refractivity contribution in [3.63, 3.8) is 0 Å². The molecule has 0 saturated heterocycles. The predicted molar refractivity (Wildman–Crippen MR) is 180 cm³/mol. The minimum Gasteiger partial charge on any atom is -0.491 e. The van der Waals surface area contributed by atoms with Gasteiger partial charge in [-0.25, -0.2) is 4.79 Å². The zero-order chi connectivity index (χ0) is 33.0. The third-order valence-electron chi connectivity index (χ3n) is 6.98. The predicted octanol–water partition coefficient (Wildman–Crippen LogP) is 6.21. The van der Waals surface area contributed by atoms with Gasteiger partial charge in [-0.1, -0.05) is 83.5 Å². The van der Waals surface area contributed by atoms with Crippen molar-refractivity contribution in [3.8, 4) is 11.5 Å². The van der Waals surface area contributed by atoms with Crippen LogP contribution < -0.4 is 20.5 Å². The number of nitrogens with zero attached hydrogens (tertiary/aromatic N) is 1. The van der Waals surface area contributed by atoms with Crippen molar-refractivity contribution < 1.29 is 28.9 Å². The Bertz CT molecular complexity index is 1260. The second-order valence-electron chi connectivity index (χ2n) is 11.0. The second-order valence-corrected chi connectivity index (χ2v) is 11.0. The number of hydrogen-bond donors (Lipinski definition) is 3. The molecule has 0 radical (unpaired) electrons. The van der Waals surface area contributed by atoms with E-state index in [4.69, 9.17) is 19.9 Å². The highest BCUT2D eigenvalue weighted by molar-refractivity contribution is 5.90. The molecule has 0 saturated carbocycles. The summed E-state index contributed by atoms with van der Waals surface area (Å²) in [6.45, 7) is 14.3. The number of rotatable bonds is 18. The van der Waals surface area contributed by atoms with Gasteiger partial charge < -0.3 is 35.3 Å². The van der Waals surface area contributed by atoms with Crippen molar-refractivity contribution in [2.75, 3.05) is 38.6 Å². The SMILES string of the molecule is CC(C)N[C@H](Cc1ccc(OCc2ccccc2)cc1)C(=O)O.CCCCOc1cc(C(=O)OCCN(CC)CC)ccc1N. The summed E-state index contributed by atoms with van der Waals surface area (Å²) in [5.41, 5.74) is 8.96. The minimum absolute atomic E-state index is 0.129. The molecule has 0 aromatic heterocycles. The second kappa shape index (κ2) is 20.8. The van der Waals surface area contributed by atoms with Gasteiger partial charge in [0.15, 0.2) is 0 Å². The first-order valence-electron chi connectivity index (χ1n) is 15.8. The summed E-state index contributed by atoms with van der Waals surface area (Å²) in [5.74, 6) is 0.156. The van der Waals surface area contributed by atoms with Crippen LogP contribution in [0.2, 0.25) is 0 Å². The molecule has 0 fully saturated rings. The fourth-order valence-corrected chi connectivity index (χ4v) is 4.32. The lowest BCUT2D eigenvalue weighted by molar-refractivity contribution is -0.139. The molecule has 246 valence electrons. The van der Waals surface area contributed by atoms with Gasteiger partial charge in [0.25, 0.3) is 0 Å². The molecular formula is C36H51N3O6. The van der Waals surface area contributed by atoms with Gasteiger partial charge in [-0.05, 0) is 67.4 Å². The molecule has 3 aromatic rings. The number of aliphatic carboxylic acids is 1. The van der Waals surface area contributed by atoms with E-state index in [0.29, 0.717) is 43.2 Å². The fourth-order valence-electron chi connectivity index (χ4n) is 4.32. The third-order valence-corrected chi connectivity index (χ3v) is 6.98. The molecule has 0 aliphatic rings. The van der Waals surface area contributed by atoms with Crippen molar-refractivity contribution >= 4 is 17.6 Å². The van der Waals surface area contributed by atoms with E-state index in [1.54, 1.807) is 18.2 Å². The normalized spacial score (nSPS) is 11.4. The summed E-state index contributed by atoms with van der Waals surface area (Å²) in [6.07, 6.45) is 2.46. The van der Waals surface area contributed by atoms with Crippen LogP contribution in [0.1, 0.15) is 68.9 Å². The Labute approximate surface area is 268 Å². The van der Waals surface area contributed by atoms with Crippen LogP contribution in [-0.2, 0) is 22.6 Å². The molecule has 9 nitrogen and oxygen atoms in total. The monoisotopic (exact) mass is 621 g/mol. The molecule has 0 heterocycles. The zero-order valence-corrected chi connectivity index (χ0v) is 27.5. The number of esters is 1. The fraction of sp³-hybridized carbons (Fsp3) is 0.444. The lowest BCUT2D eigenvalue weighted by Gasteiger charge is -2.17. The average molecular weight is 622 g/mol. The van der Waals surface area contributed by atoms with Gasteiger partial charge in [0.2, 0.25) is 0 Å². The number of nitrogens with one attached hydrogen (secondary N) is 1. The number of nitrogen functional groups attached to an aromatic ring is 1. The van der Waals surface area contributed by atoms with E-state index in [2.05, 4.69) is 31.0 Å². The number of nitrogens with two attached hydrogens (primary N) is 1. The van der Waals surface area contributed by atoms with E-state index >= 15 is 0 Å². The van der Waals surface area contributed by atoms with Crippen LogP contribution in [0, 0.1) is 0 Å². The highest BCUT2D eigenvalue weighted by Gasteiger charge is 2.18. The van der Waals surface area contributed by atoms with Crippen molar-refractivity contribution in [1.29, 1.82) is 0 Å². The van der Waals surface area contributed by atoms with E-state index in [1.165, 1.54) is 0 Å². The average Bonchev–Trinajstić information content (AvgIpc) is 3.04. The largest absolute Gasteiger partial charge is 0.491 e. The summed E-state index contributed by atoms with van der Waals surface area (Å²) >= 11 is 0. The Kier molecular flexibility index (Phi) is 17.2. The van der Waals surface area contributed by atoms with E-state index in [-0.39, 0.29) is 12.0 Å². The van der Waals surface area contributed by atoms with Crippen LogP contribution in [0.4, 0.5) is 5.69 Å². The molecule has 1 atom stereocenters. The van der Waals surface area contributed by atoms with E-state index in [9.17, 15) is 14.7 Å². The number of carbonyl (C=O) groups is 2. The van der Waals surface area contributed by atoms with Crippen LogP contribution in [0.3, 0.4) is 0 Å². The van der Waals surface area contributed by atoms with Crippen LogP contribution in [0.15, 0.2) is 72.8 Å². The minimum atomic E-state index is -0.830. The molecule has 0 aliphatic carbocycles. The number of carboxylic acids is 1. The maximum atomic E-state index is 12.1. The standard InChI is InChI=1S/C19H23NO3.C17H28N2O3/c1-14(2)20-18(19(21)22)12-15-8-10-17(11-9-15)23-13-16-6-4-3-5-7-16;1-4-7-11-21-16-13-14(8-9-15(16)18)17(20)22-12-10-19(5-2)6-3/h3-11,14,18,20H,12-13H2,1-2H3,(H,21,22);8-9,13H,4-7,10-12,18H2,1-3H3/t18-;/m1./s1. The van der Waals surface area contributed by atoms with Crippen molar-refractivity contribution in [3.05, 3.63) is 89.5 Å². The number of likely N-dealkylation sites (N-methyl/N-ethyl adjacent to an activating group) is 1. The lowest BCUT2D eigenvalue weighted by atomic mass is 10.1. The molecule has 0 amide bonds. The molecular weight excluding hydrogens is 570 g/mol. The first-order valence-corrected chi connectivity index (χ1v) is 15.8. The van der Waals surface area contributed by atoms with Crippen LogP contribution in [-0.4, -0.2) is 66.9 Å². The van der Waals surface area contributed by atoms with Crippen LogP contribution >= 0.6 is 0 Å². The van der Waals surface area contributed by atoms with Crippen molar-refractivity contribution in [2.45, 2.75) is 72.6 Å². The van der Waals surface area contributed by atoms with E-state index in [1.807, 2.05) is 68.4 Å². The Hall–Kier alpha value is -4.08. The smallest absolute Gasteiger partial charge is 0.338 e. The van der Waals surface area contributed by atoms with Crippen LogP contribution in [0.25, 0.3) is 0 Å². The number of benzene rings is 3. The molecule has 3 rings (SSSR count). The zero-order valence-electron chi connectivity index (χ0n) is 27.5. The summed E-state index contributed by atoms with van der Waals surface area (Å²) < 4.78 is 16.6. The summed E-state index contributed by atoms with van der Waals surface area (Å²) in [6, 6.07) is 22.1. The topological polar surface area (TPSA) is 123 Å². The maximum Gasteiger partial charge on any atom is 0.338 e. The van der Waals surface area contributed by atoms with Crippen molar-refractivity contribution in [2.24, 2.45) is 0 Å². The molecule has 0 spiro atoms. The molecule has 9 heteroatoms. The van der Waals surface area contributed by atoms with Gasteiger partial charge in [-0.3, -0.25) is 4.79 Å². The van der Waals surface area contributed by atoms with Gasteiger partial charge in [-0.2, -0.15) is 0 Å². The highest BCUT2D eigenvalue weighted by Crippen LogP contribution is 2.23. The molecule has 3 aromatic carbocycles. The van der Waals surface area contributed by atoms with Gasteiger partial charge in [-0.15, -0.1) is 0 Å². The van der Waals surface area contributed by atoms with Gasteiger partial charge in [0.1, 0.15) is 30.8 Å². The third kappa shape index (κ3) is 14.5. The molecule has 45 heavy (non-hydrogen) atoms. The first-order chi connectivity index (χ1) is 21.7. The molecule has 0 bridgehead atoms. The lowest BCUT2D eigenvalue weighted by Crippen LogP contribution is -2.42. The number of unbranched alkanes of at least 4 members (excludes halogenated alkanes) is 1. The summed E-state index contributed by atoms with van der Waals surface area (Å²) in [4.78, 5) is 25.5. The molecule has 4 N–H and O–H groups in total. The number of ether oxygens (including phenoxy) is 3. The van der Waals surface area contributed by atoms with Crippen LogP contribution in [0.5, 0.6) is 11.5 Å². The molecule has 0 unspecified atom stereocenters. The highest BCUT2D eigenvalue weighted by atomic mass is 16.5. The summed E-state index contributed by atoms with van der Waals surface area (Å²) in [7, 11) is 0. The maximum absolute atomic E-state index is 12.1. The Morgan fingerprint density at radius 1 is 0.889 bits per heavy atom. The number of carbonyl (C=O) groups excluding carboxylic acids is 1. The summed E-state index contributed by atoms with van der Waals surface area (Å²) in [5, 5.41) is 12.3. The Morgan fingerprint density at radius 3 is 2.18 bits per heavy atom. The van der Waals surface area contributed by atoms with Gasteiger partial charge in [0.05, 0.1) is 17.9 Å². The van der Waals surface area contributed by atoms with E-state index in [0.717, 1.165) is 49.4 Å². The van der Waals surface area contributed by atoms with Crippen molar-refractivity contribution in [1.82, 2.24) is 10.2 Å². The Balaban J connectivity index is 0.000000314. The number of hydrogen-bond acceptors (Lipinski definition) is 8. The molecule has 0 aliphatic heterocycles. The van der Waals surface area contributed by atoms with E-state index < -0.39 is 12.0 Å². The quantitative estimate of drug-likeness (QED) is 0.0865. The number of anilines is 1. The first kappa shape index (κ1) is 37.1. The van der Waals surface area contributed by atoms with Gasteiger partial charge >= 0.3 is 11.9 Å². The van der Waals surface area contributed by atoms with Gasteiger partial charge in [0, 0.05) is 12.6 Å².